The van der Waals surface area contributed by atoms with Gasteiger partial charge in [-0.1, -0.05) is 18.2 Å². The highest BCUT2D eigenvalue weighted by atomic mass is 32.2. The van der Waals surface area contributed by atoms with Gasteiger partial charge in [0.15, 0.2) is 0 Å². The zero-order valence-corrected chi connectivity index (χ0v) is 10.9. The highest BCUT2D eigenvalue weighted by Crippen LogP contribution is 2.35. The molecule has 1 aliphatic heterocycles. The van der Waals surface area contributed by atoms with Crippen LogP contribution < -0.4 is 5.48 Å². The van der Waals surface area contributed by atoms with Gasteiger partial charge in [0.1, 0.15) is 0 Å². The highest BCUT2D eigenvalue weighted by molar-refractivity contribution is 7.99. The Hall–Kier alpha value is -0.510. The van der Waals surface area contributed by atoms with Crippen LogP contribution in [0.25, 0.3) is 0 Å². The summed E-state index contributed by atoms with van der Waals surface area (Å²) >= 11 is 1.93. The Kier molecular flexibility index (Phi) is 3.57. The molecule has 0 aliphatic carbocycles. The standard InChI is InChI=1S/C13H19NOS/c1-13(2,3)15-14-11-8-9-16-12-7-5-4-6-10(11)12/h4-7,11,14H,8-9H2,1-3H3. The van der Waals surface area contributed by atoms with Gasteiger partial charge in [-0.15, -0.1) is 11.8 Å². The third kappa shape index (κ3) is 3.00. The molecule has 0 amide bonds. The summed E-state index contributed by atoms with van der Waals surface area (Å²) in [6.45, 7) is 6.18. The average Bonchev–Trinajstić information content (AvgIpc) is 2.25. The van der Waals surface area contributed by atoms with E-state index in [1.165, 1.54) is 10.5 Å². The van der Waals surface area contributed by atoms with Gasteiger partial charge in [-0.25, -0.2) is 0 Å². The topological polar surface area (TPSA) is 21.3 Å². The Morgan fingerprint density at radius 1 is 1.31 bits per heavy atom. The molecule has 16 heavy (non-hydrogen) atoms. The van der Waals surface area contributed by atoms with Gasteiger partial charge in [0.05, 0.1) is 11.6 Å². The van der Waals surface area contributed by atoms with Crippen LogP contribution in [0.2, 0.25) is 0 Å². The summed E-state index contributed by atoms with van der Waals surface area (Å²) in [6.07, 6.45) is 1.12. The molecule has 2 nitrogen and oxygen atoms in total. The van der Waals surface area contributed by atoms with Gasteiger partial charge < -0.3 is 0 Å². The molecule has 0 aromatic heterocycles. The molecule has 1 N–H and O–H groups in total. The molecule has 3 heteroatoms. The van der Waals surface area contributed by atoms with Crippen LogP contribution in [-0.2, 0) is 4.84 Å². The molecule has 1 unspecified atom stereocenters. The number of hydrogen-bond acceptors (Lipinski definition) is 3. The number of nitrogens with one attached hydrogen (secondary N) is 1. The highest BCUT2D eigenvalue weighted by Gasteiger charge is 2.22. The molecule has 0 radical (unpaired) electrons. The molecule has 1 heterocycles. The zero-order valence-electron chi connectivity index (χ0n) is 10.1. The van der Waals surface area contributed by atoms with Gasteiger partial charge in [-0.05, 0) is 44.6 Å². The molecule has 88 valence electrons. The lowest BCUT2D eigenvalue weighted by atomic mass is 10.0. The summed E-state index contributed by atoms with van der Waals surface area (Å²) in [5.41, 5.74) is 4.43. The largest absolute Gasteiger partial charge is 0.296 e. The average molecular weight is 237 g/mol. The van der Waals surface area contributed by atoms with Crippen molar-refractivity contribution in [3.05, 3.63) is 29.8 Å². The van der Waals surface area contributed by atoms with E-state index >= 15 is 0 Å². The van der Waals surface area contributed by atoms with Crippen molar-refractivity contribution < 1.29 is 4.84 Å². The first-order chi connectivity index (χ1) is 7.56. The fraction of sp³-hybridized carbons (Fsp3) is 0.538. The van der Waals surface area contributed by atoms with Crippen molar-refractivity contribution >= 4 is 11.8 Å². The van der Waals surface area contributed by atoms with E-state index in [1.54, 1.807) is 0 Å². The van der Waals surface area contributed by atoms with Crippen LogP contribution in [0.4, 0.5) is 0 Å². The van der Waals surface area contributed by atoms with E-state index in [4.69, 9.17) is 4.84 Å². The minimum atomic E-state index is -0.139. The zero-order chi connectivity index (χ0) is 11.6. The summed E-state index contributed by atoms with van der Waals surface area (Å²) in [5.74, 6) is 1.15. The van der Waals surface area contributed by atoms with E-state index in [-0.39, 0.29) is 5.60 Å². The first-order valence-corrected chi connectivity index (χ1v) is 6.70. The first kappa shape index (κ1) is 12.0. The fourth-order valence-corrected chi connectivity index (χ4v) is 2.84. The van der Waals surface area contributed by atoms with Crippen molar-refractivity contribution in [3.8, 4) is 0 Å². The lowest BCUT2D eigenvalue weighted by Crippen LogP contribution is -2.33. The van der Waals surface area contributed by atoms with Crippen molar-refractivity contribution in [1.29, 1.82) is 0 Å². The SMILES string of the molecule is CC(C)(C)ONC1CCSc2ccccc21. The molecule has 1 aromatic carbocycles. The smallest absolute Gasteiger partial charge is 0.0813 e. The number of thioether (sulfide) groups is 1. The van der Waals surface area contributed by atoms with Crippen molar-refractivity contribution in [2.45, 2.75) is 43.7 Å². The summed E-state index contributed by atoms with van der Waals surface area (Å²) in [5, 5.41) is 0. The van der Waals surface area contributed by atoms with Crippen LogP contribution in [-0.4, -0.2) is 11.4 Å². The van der Waals surface area contributed by atoms with Crippen molar-refractivity contribution in [2.24, 2.45) is 0 Å². The molecule has 1 aliphatic rings. The van der Waals surface area contributed by atoms with E-state index in [9.17, 15) is 0 Å². The normalized spacial score (nSPS) is 20.6. The Labute approximate surface area is 102 Å². The molecule has 0 fully saturated rings. The molecular weight excluding hydrogens is 218 g/mol. The van der Waals surface area contributed by atoms with Gasteiger partial charge in [-0.2, -0.15) is 5.48 Å². The summed E-state index contributed by atoms with van der Waals surface area (Å²) in [6, 6.07) is 8.89. The third-order valence-corrected chi connectivity index (χ3v) is 3.59. The summed E-state index contributed by atoms with van der Waals surface area (Å²) < 4.78 is 0. The predicted molar refractivity (Wildman–Crippen MR) is 68.5 cm³/mol. The van der Waals surface area contributed by atoms with Crippen LogP contribution in [0.5, 0.6) is 0 Å². The maximum absolute atomic E-state index is 5.67. The van der Waals surface area contributed by atoms with Crippen molar-refractivity contribution in [1.82, 2.24) is 5.48 Å². The molecular formula is C13H19NOS. The Bertz CT molecular complexity index is 359. The molecule has 1 aromatic rings. The summed E-state index contributed by atoms with van der Waals surface area (Å²) in [7, 11) is 0. The summed E-state index contributed by atoms with van der Waals surface area (Å²) in [4.78, 5) is 7.04. The van der Waals surface area contributed by atoms with E-state index in [1.807, 2.05) is 11.8 Å². The minimum absolute atomic E-state index is 0.139. The molecule has 0 saturated heterocycles. The maximum Gasteiger partial charge on any atom is 0.0813 e. The molecule has 0 spiro atoms. The Morgan fingerprint density at radius 2 is 2.06 bits per heavy atom. The van der Waals surface area contributed by atoms with Crippen LogP contribution in [0.15, 0.2) is 29.2 Å². The fourth-order valence-electron chi connectivity index (χ4n) is 1.71. The number of fused-ring (bicyclic) bond motifs is 1. The quantitative estimate of drug-likeness (QED) is 0.795. The molecule has 2 rings (SSSR count). The molecule has 0 saturated carbocycles. The van der Waals surface area contributed by atoms with E-state index in [0.29, 0.717) is 6.04 Å². The monoisotopic (exact) mass is 237 g/mol. The molecule has 1 atom stereocenters. The van der Waals surface area contributed by atoms with E-state index < -0.39 is 0 Å². The molecule has 0 bridgehead atoms. The Morgan fingerprint density at radius 3 is 2.81 bits per heavy atom. The second-order valence-electron chi connectivity index (χ2n) is 5.06. The Balaban J connectivity index is 2.07. The van der Waals surface area contributed by atoms with Gasteiger partial charge in [0.25, 0.3) is 0 Å². The number of hydroxylamine groups is 1. The predicted octanol–water partition coefficient (Wildman–Crippen LogP) is 3.54. The van der Waals surface area contributed by atoms with Crippen molar-refractivity contribution in [2.75, 3.05) is 5.75 Å². The number of benzene rings is 1. The second-order valence-corrected chi connectivity index (χ2v) is 6.20. The van der Waals surface area contributed by atoms with Gasteiger partial charge in [0, 0.05) is 4.90 Å². The number of rotatable bonds is 2. The lowest BCUT2D eigenvalue weighted by Gasteiger charge is -2.29. The van der Waals surface area contributed by atoms with Gasteiger partial charge in [-0.3, -0.25) is 4.84 Å². The van der Waals surface area contributed by atoms with Crippen LogP contribution in [0.1, 0.15) is 38.8 Å². The van der Waals surface area contributed by atoms with Crippen molar-refractivity contribution in [3.63, 3.8) is 0 Å². The van der Waals surface area contributed by atoms with Crippen LogP contribution in [0.3, 0.4) is 0 Å². The minimum Gasteiger partial charge on any atom is -0.296 e. The van der Waals surface area contributed by atoms with E-state index in [2.05, 4.69) is 50.5 Å². The first-order valence-electron chi connectivity index (χ1n) is 5.71. The maximum atomic E-state index is 5.67. The van der Waals surface area contributed by atoms with Gasteiger partial charge in [0.2, 0.25) is 0 Å². The van der Waals surface area contributed by atoms with Gasteiger partial charge >= 0.3 is 0 Å². The second kappa shape index (κ2) is 4.78. The van der Waals surface area contributed by atoms with Crippen LogP contribution in [0, 0.1) is 0 Å². The van der Waals surface area contributed by atoms with E-state index in [0.717, 1.165) is 12.2 Å². The third-order valence-electron chi connectivity index (χ3n) is 2.47. The number of hydrogen-bond donors (Lipinski definition) is 1. The lowest BCUT2D eigenvalue weighted by molar-refractivity contribution is -0.0899. The van der Waals surface area contributed by atoms with Crippen LogP contribution >= 0.6 is 11.8 Å².